The number of ether oxygens (including phenoxy) is 3. The molecule has 0 aliphatic carbocycles. The number of carbonyl (C=O) groups is 3. The van der Waals surface area contributed by atoms with Crippen molar-refractivity contribution in [1.29, 1.82) is 0 Å². The molecule has 1 aliphatic heterocycles. The van der Waals surface area contributed by atoms with Gasteiger partial charge in [0.1, 0.15) is 17.8 Å². The second kappa shape index (κ2) is 20.3. The van der Waals surface area contributed by atoms with Crippen LogP contribution in [0.1, 0.15) is 64.8 Å². The van der Waals surface area contributed by atoms with Gasteiger partial charge in [-0.05, 0) is 56.6 Å². The average molecular weight is 674 g/mol. The zero-order valence-electron chi connectivity index (χ0n) is 28.7. The van der Waals surface area contributed by atoms with Crippen LogP contribution in [0.4, 0.5) is 4.79 Å². The molecule has 49 heavy (non-hydrogen) atoms. The number of methoxy groups -OCH3 is 2. The third-order valence-electron chi connectivity index (χ3n) is 8.27. The second-order valence-corrected chi connectivity index (χ2v) is 11.7. The number of esters is 1. The average Bonchev–Trinajstić information content (AvgIpc) is 3.62. The highest BCUT2D eigenvalue weighted by Crippen LogP contribution is 2.26. The quantitative estimate of drug-likeness (QED) is 0.0919. The zero-order chi connectivity index (χ0) is 35.6. The predicted molar refractivity (Wildman–Crippen MR) is 196 cm³/mol. The highest BCUT2D eigenvalue weighted by molar-refractivity contribution is 5.90. The topological polar surface area (TPSA) is 127 Å². The van der Waals surface area contributed by atoms with E-state index < -0.39 is 24.1 Å². The summed E-state index contributed by atoms with van der Waals surface area (Å²) in [6, 6.07) is 13.7. The Morgan fingerprint density at radius 1 is 1.02 bits per heavy atom. The summed E-state index contributed by atoms with van der Waals surface area (Å²) < 4.78 is 15.3. The maximum atomic E-state index is 13.0. The van der Waals surface area contributed by atoms with Gasteiger partial charge in [0.05, 0.1) is 26.3 Å². The van der Waals surface area contributed by atoms with Gasteiger partial charge in [0, 0.05) is 36.7 Å². The molecule has 10 nitrogen and oxygen atoms in total. The Morgan fingerprint density at radius 2 is 1.76 bits per heavy atom. The predicted octanol–water partition coefficient (Wildman–Crippen LogP) is 7.44. The molecule has 2 aromatic carbocycles. The number of alkyl carbamates (subject to hydrolysis) is 1. The molecule has 1 aromatic heterocycles. The van der Waals surface area contributed by atoms with E-state index in [4.69, 9.17) is 14.2 Å². The molecule has 3 aromatic rings. The summed E-state index contributed by atoms with van der Waals surface area (Å²) in [7, 11) is 2.92. The van der Waals surface area contributed by atoms with E-state index in [2.05, 4.69) is 30.0 Å². The molecule has 264 valence electrons. The lowest BCUT2D eigenvalue weighted by molar-refractivity contribution is -0.151. The molecule has 0 saturated carbocycles. The maximum Gasteiger partial charge on any atom is 0.407 e. The molecule has 2 heterocycles. The molecule has 1 unspecified atom stereocenters. The molecule has 0 bridgehead atoms. The Hall–Kier alpha value is -5.12. The van der Waals surface area contributed by atoms with Crippen LogP contribution in [0.2, 0.25) is 0 Å². The number of unbranched alkanes of at least 4 members (excludes halogenated alkanes) is 4. The Bertz CT molecular complexity index is 1640. The first kappa shape index (κ1) is 38.3. The van der Waals surface area contributed by atoms with Crippen LogP contribution in [0.25, 0.3) is 28.2 Å². The molecule has 2 atom stereocenters. The first-order chi connectivity index (χ1) is 23.8. The van der Waals surface area contributed by atoms with E-state index in [0.717, 1.165) is 60.9 Å². The lowest BCUT2D eigenvalue weighted by atomic mass is 10.1. The van der Waals surface area contributed by atoms with E-state index in [0.29, 0.717) is 36.9 Å². The van der Waals surface area contributed by atoms with E-state index in [1.807, 2.05) is 42.5 Å². The highest BCUT2D eigenvalue weighted by atomic mass is 16.5. The highest BCUT2D eigenvalue weighted by Gasteiger charge is 2.38. The van der Waals surface area contributed by atoms with Gasteiger partial charge in [0.2, 0.25) is 5.91 Å². The van der Waals surface area contributed by atoms with Gasteiger partial charge < -0.3 is 29.4 Å². The number of amides is 2. The van der Waals surface area contributed by atoms with Gasteiger partial charge in [-0.2, -0.15) is 0 Å². The Labute approximate surface area is 290 Å². The molecule has 0 radical (unpaired) electrons. The summed E-state index contributed by atoms with van der Waals surface area (Å²) in [6.45, 7) is 11.8. The number of aromatic amines is 1. The largest absolute Gasteiger partial charge is 0.496 e. The van der Waals surface area contributed by atoms with Gasteiger partial charge in [0.15, 0.2) is 5.43 Å². The number of hydrogen-bond donors (Lipinski definition) is 2. The summed E-state index contributed by atoms with van der Waals surface area (Å²) in [6.07, 6.45) is 11.6. The number of aromatic nitrogens is 1. The Kier molecular flexibility index (Phi) is 15.9. The minimum Gasteiger partial charge on any atom is -0.496 e. The molecule has 1 saturated heterocycles. The number of H-pyrrole nitrogens is 1. The van der Waals surface area contributed by atoms with E-state index in [-0.39, 0.29) is 19.4 Å². The van der Waals surface area contributed by atoms with Gasteiger partial charge in [-0.15, -0.1) is 13.2 Å². The number of rotatable bonds is 16. The van der Waals surface area contributed by atoms with Crippen molar-refractivity contribution in [3.8, 4) is 17.0 Å². The molecule has 0 spiro atoms. The minimum absolute atomic E-state index is 0. The summed E-state index contributed by atoms with van der Waals surface area (Å²) in [5, 5.41) is 3.32. The van der Waals surface area contributed by atoms with E-state index in [1.165, 1.54) is 12.0 Å². The maximum absolute atomic E-state index is 13.0. The second-order valence-electron chi connectivity index (χ2n) is 11.7. The number of likely N-dealkylation sites (tertiary alicyclic amines) is 1. The normalized spacial score (nSPS) is 14.2. The van der Waals surface area contributed by atoms with Crippen molar-refractivity contribution >= 4 is 34.9 Å². The fourth-order valence-corrected chi connectivity index (χ4v) is 5.66. The molecular weight excluding hydrogens is 622 g/mol. The summed E-state index contributed by atoms with van der Waals surface area (Å²) >= 11 is 0. The van der Waals surface area contributed by atoms with Crippen molar-refractivity contribution in [3.63, 3.8) is 0 Å². The molecule has 2 amide bonds. The number of allylic oxidation sites excluding steroid dienone is 2. The van der Waals surface area contributed by atoms with Crippen LogP contribution >= 0.6 is 0 Å². The standard InChI is InChI=1S/C21H34N2O5.C18H15NO2.H2/c1-4-6-8-9-10-13-17(22-21(26)28-16-11-7-5-2)19(24)23-15-12-14-18(23)20(25)27-3;1-3-12-9-14-16(11-18(12)21-2)19-15(10-17(14)20)13-7-5-4-6-8-13;/h4-5,17-18H,1-2,6-16H2,3H3,(H,22,26);3-11H,1H2,2H3,(H,19,20);1H/t17-,18?;;/m0../s1. The van der Waals surface area contributed by atoms with Crippen LogP contribution < -0.4 is 15.5 Å². The Morgan fingerprint density at radius 3 is 2.43 bits per heavy atom. The van der Waals surface area contributed by atoms with Crippen molar-refractivity contribution < 1.29 is 30.0 Å². The van der Waals surface area contributed by atoms with Crippen molar-refractivity contribution in [3.05, 3.63) is 96.2 Å². The third kappa shape index (κ3) is 11.2. The van der Waals surface area contributed by atoms with Crippen LogP contribution in [0, 0.1) is 0 Å². The van der Waals surface area contributed by atoms with E-state index in [1.54, 1.807) is 31.4 Å². The van der Waals surface area contributed by atoms with E-state index >= 15 is 0 Å². The van der Waals surface area contributed by atoms with Crippen LogP contribution in [-0.4, -0.2) is 67.3 Å². The first-order valence-electron chi connectivity index (χ1n) is 16.7. The number of hydrogen-bond acceptors (Lipinski definition) is 7. The third-order valence-corrected chi connectivity index (χ3v) is 8.27. The van der Waals surface area contributed by atoms with Gasteiger partial charge in [-0.25, -0.2) is 9.59 Å². The molecule has 10 heteroatoms. The van der Waals surface area contributed by atoms with Gasteiger partial charge >= 0.3 is 12.1 Å². The van der Waals surface area contributed by atoms with Crippen molar-refractivity contribution in [2.45, 2.75) is 69.9 Å². The van der Waals surface area contributed by atoms with Crippen LogP contribution in [-0.2, 0) is 19.1 Å². The number of nitrogens with one attached hydrogen (secondary N) is 2. The molecule has 1 fully saturated rings. The molecule has 1 aliphatic rings. The molecule has 2 N–H and O–H groups in total. The number of carbonyl (C=O) groups excluding carboxylic acids is 3. The fraction of sp³-hybridized carbons (Fsp3) is 0.385. The molecular formula is C39H51N3O7. The van der Waals surface area contributed by atoms with Crippen LogP contribution in [0.3, 0.4) is 0 Å². The van der Waals surface area contributed by atoms with Gasteiger partial charge in [-0.3, -0.25) is 9.59 Å². The molecule has 4 rings (SSSR count). The number of pyridine rings is 1. The zero-order valence-corrected chi connectivity index (χ0v) is 28.7. The van der Waals surface area contributed by atoms with Crippen molar-refractivity contribution in [2.24, 2.45) is 0 Å². The lowest BCUT2D eigenvalue weighted by Gasteiger charge is -2.27. The summed E-state index contributed by atoms with van der Waals surface area (Å²) in [4.78, 5) is 54.3. The van der Waals surface area contributed by atoms with Crippen LogP contribution in [0.15, 0.2) is 85.2 Å². The summed E-state index contributed by atoms with van der Waals surface area (Å²) in [5.41, 5.74) is 3.31. The van der Waals surface area contributed by atoms with Crippen molar-refractivity contribution in [1.82, 2.24) is 15.2 Å². The smallest absolute Gasteiger partial charge is 0.407 e. The van der Waals surface area contributed by atoms with Gasteiger partial charge in [0.25, 0.3) is 0 Å². The minimum atomic E-state index is -0.708. The Balaban J connectivity index is 0.000000351. The van der Waals surface area contributed by atoms with Crippen molar-refractivity contribution in [2.75, 3.05) is 27.4 Å². The van der Waals surface area contributed by atoms with E-state index in [9.17, 15) is 19.2 Å². The fourth-order valence-electron chi connectivity index (χ4n) is 5.66. The lowest BCUT2D eigenvalue weighted by Crippen LogP contribution is -2.52. The number of benzene rings is 2. The summed E-state index contributed by atoms with van der Waals surface area (Å²) in [5.74, 6) is 0.0283. The number of nitrogens with zero attached hydrogens (tertiary/aromatic N) is 1. The van der Waals surface area contributed by atoms with Crippen LogP contribution in [0.5, 0.6) is 5.75 Å². The number of fused-ring (bicyclic) bond motifs is 1. The SMILES string of the molecule is C=CCCCCC[C@H](NC(=O)OCCCC=C)C(=O)N1CCCC1C(=O)OC.C=Cc1cc2c(=O)cc(-c3ccccc3)[nH]c2cc1OC.[HH]. The van der Waals surface area contributed by atoms with Gasteiger partial charge in [-0.1, -0.05) is 68.0 Å². The first-order valence-corrected chi connectivity index (χ1v) is 16.7. The monoisotopic (exact) mass is 673 g/mol.